The average Bonchev–Trinajstić information content (AvgIpc) is 3.22. The second-order valence-corrected chi connectivity index (χ2v) is 22.1. The zero-order chi connectivity index (χ0) is 48.1. The van der Waals surface area contributed by atoms with Gasteiger partial charge in [-0.2, -0.15) is 26.3 Å². The van der Waals surface area contributed by atoms with Crippen LogP contribution in [0.1, 0.15) is 116 Å². The Balaban J connectivity index is 1.77. The fraction of sp³-hybridized carbons (Fsp3) is 0.300. The van der Waals surface area contributed by atoms with E-state index in [1.54, 1.807) is 12.1 Å². The van der Waals surface area contributed by atoms with Crippen molar-refractivity contribution in [3.63, 3.8) is 0 Å². The molecule has 0 amide bonds. The summed E-state index contributed by atoms with van der Waals surface area (Å²) in [6.45, 7) is 25.5. The molecule has 0 atom stereocenters. The molecule has 0 saturated heterocycles. The fourth-order valence-electron chi connectivity index (χ4n) is 9.34. The zero-order valence-corrected chi connectivity index (χ0v) is 40.0. The van der Waals surface area contributed by atoms with Gasteiger partial charge in [0.2, 0.25) is 0 Å². The first kappa shape index (κ1) is 46.6. The third kappa shape index (κ3) is 8.64. The summed E-state index contributed by atoms with van der Waals surface area (Å²) in [6.07, 6.45) is -9.28. The van der Waals surface area contributed by atoms with E-state index in [9.17, 15) is 26.3 Å². The normalized spacial score (nSPS) is 13.3. The number of rotatable bonds is 4. The molecule has 66 heavy (non-hydrogen) atoms. The van der Waals surface area contributed by atoms with E-state index in [4.69, 9.17) is 0 Å². The Bertz CT molecular complexity index is 2940. The maximum atomic E-state index is 14.9. The molecule has 0 nitrogen and oxygen atoms in total. The van der Waals surface area contributed by atoms with Gasteiger partial charge in [-0.1, -0.05) is 180 Å². The summed E-state index contributed by atoms with van der Waals surface area (Å²) in [6, 6.07) is 40.2. The predicted molar refractivity (Wildman–Crippen MR) is 266 cm³/mol. The van der Waals surface area contributed by atoms with Gasteiger partial charge in [0.1, 0.15) is 0 Å². The predicted octanol–water partition coefficient (Wildman–Crippen LogP) is 19.0. The molecule has 6 heteroatoms. The molecule has 340 valence electrons. The molecule has 0 N–H and O–H groups in total. The van der Waals surface area contributed by atoms with E-state index < -0.39 is 23.5 Å². The Morgan fingerprint density at radius 1 is 0.258 bits per heavy atom. The molecule has 8 aromatic rings. The van der Waals surface area contributed by atoms with Crippen LogP contribution in [0.4, 0.5) is 26.3 Å². The van der Waals surface area contributed by atoms with Crippen LogP contribution in [0, 0.1) is 0 Å². The van der Waals surface area contributed by atoms with Crippen LogP contribution in [-0.4, -0.2) is 0 Å². The van der Waals surface area contributed by atoms with Crippen LogP contribution < -0.4 is 0 Å². The van der Waals surface area contributed by atoms with Gasteiger partial charge < -0.3 is 0 Å². The van der Waals surface area contributed by atoms with Crippen LogP contribution in [-0.2, 0) is 34.0 Å². The zero-order valence-electron chi connectivity index (χ0n) is 40.0. The molecule has 8 rings (SSSR count). The van der Waals surface area contributed by atoms with Crippen LogP contribution in [0.5, 0.6) is 0 Å². The Labute approximate surface area is 385 Å². The molecule has 0 heterocycles. The minimum Gasteiger partial charge on any atom is -0.166 e. The molecule has 0 aromatic heterocycles. The number of halogens is 6. The van der Waals surface area contributed by atoms with Crippen molar-refractivity contribution < 1.29 is 26.3 Å². The van der Waals surface area contributed by atoms with Crippen molar-refractivity contribution in [2.75, 3.05) is 0 Å². The van der Waals surface area contributed by atoms with Crippen LogP contribution in [0.3, 0.4) is 0 Å². The minimum absolute atomic E-state index is 0.174. The number of benzene rings is 8. The molecule has 8 aromatic carbocycles. The summed E-state index contributed by atoms with van der Waals surface area (Å²) in [5.41, 5.74) is 6.70. The third-order valence-corrected chi connectivity index (χ3v) is 13.1. The van der Waals surface area contributed by atoms with Crippen molar-refractivity contribution in [3.8, 4) is 44.5 Å². The van der Waals surface area contributed by atoms with E-state index in [1.165, 1.54) is 24.3 Å². The maximum absolute atomic E-state index is 14.9. The number of alkyl halides is 6. The highest BCUT2D eigenvalue weighted by Crippen LogP contribution is 2.55. The number of hydrogen-bond acceptors (Lipinski definition) is 0. The van der Waals surface area contributed by atoms with E-state index in [0.717, 1.165) is 78.2 Å². The molecule has 0 radical (unpaired) electrons. The topological polar surface area (TPSA) is 0 Å². The van der Waals surface area contributed by atoms with Crippen molar-refractivity contribution >= 4 is 32.3 Å². The summed E-state index contributed by atoms with van der Waals surface area (Å²) >= 11 is 0. The van der Waals surface area contributed by atoms with Gasteiger partial charge in [0.05, 0.1) is 11.1 Å². The number of hydrogen-bond donors (Lipinski definition) is 0. The molecule has 0 bridgehead atoms. The summed E-state index contributed by atoms with van der Waals surface area (Å²) in [4.78, 5) is 0. The fourth-order valence-corrected chi connectivity index (χ4v) is 9.34. The molecule has 0 aliphatic carbocycles. The second kappa shape index (κ2) is 15.9. The SMILES string of the molecule is CC(C)(C)c1ccc(-c2c3ccc(C(C)(C)C)cc3c(-c3cccc(C(F)(F)F)c3)c3c(-c4ccc(C(C)(C)C)cc4)c4ccc(C(C)(C)C)cc4c(-c4cccc(C(F)(F)F)c4)c23)cc1. The lowest BCUT2D eigenvalue weighted by Gasteiger charge is -2.28. The molecular formula is C60H58F6. The molecule has 0 aliphatic heterocycles. The van der Waals surface area contributed by atoms with Gasteiger partial charge in [0, 0.05) is 0 Å². The first-order chi connectivity index (χ1) is 30.5. The van der Waals surface area contributed by atoms with Gasteiger partial charge in [-0.3, -0.25) is 0 Å². The van der Waals surface area contributed by atoms with Crippen molar-refractivity contribution in [3.05, 3.63) is 167 Å². The highest BCUT2D eigenvalue weighted by molar-refractivity contribution is 6.34. The van der Waals surface area contributed by atoms with Gasteiger partial charge in [0.25, 0.3) is 0 Å². The lowest BCUT2D eigenvalue weighted by Crippen LogP contribution is -2.12. The van der Waals surface area contributed by atoms with Gasteiger partial charge in [0.15, 0.2) is 0 Å². The van der Waals surface area contributed by atoms with E-state index in [2.05, 4.69) is 168 Å². The van der Waals surface area contributed by atoms with Crippen LogP contribution >= 0.6 is 0 Å². The molecule has 0 spiro atoms. The first-order valence-electron chi connectivity index (χ1n) is 22.6. The molecule has 0 fully saturated rings. The van der Waals surface area contributed by atoms with Gasteiger partial charge in [-0.25, -0.2) is 0 Å². The monoisotopic (exact) mass is 892 g/mol. The van der Waals surface area contributed by atoms with Crippen molar-refractivity contribution in [1.82, 2.24) is 0 Å². The van der Waals surface area contributed by atoms with E-state index in [1.807, 2.05) is 0 Å². The van der Waals surface area contributed by atoms with Crippen LogP contribution in [0.25, 0.3) is 76.8 Å². The Morgan fingerprint density at radius 2 is 0.545 bits per heavy atom. The van der Waals surface area contributed by atoms with Crippen LogP contribution in [0.15, 0.2) is 133 Å². The average molecular weight is 893 g/mol. The Hall–Kier alpha value is -5.88. The smallest absolute Gasteiger partial charge is 0.166 e. The molecule has 0 aliphatic rings. The summed E-state index contributed by atoms with van der Waals surface area (Å²) in [5, 5.41) is 4.37. The van der Waals surface area contributed by atoms with E-state index in [-0.39, 0.29) is 21.7 Å². The lowest BCUT2D eigenvalue weighted by atomic mass is 9.75. The highest BCUT2D eigenvalue weighted by atomic mass is 19.4. The highest BCUT2D eigenvalue weighted by Gasteiger charge is 2.34. The Morgan fingerprint density at radius 3 is 0.833 bits per heavy atom. The molecule has 0 saturated carbocycles. The van der Waals surface area contributed by atoms with E-state index in [0.29, 0.717) is 33.0 Å². The third-order valence-electron chi connectivity index (χ3n) is 13.1. The van der Waals surface area contributed by atoms with Crippen molar-refractivity contribution in [2.24, 2.45) is 0 Å². The first-order valence-corrected chi connectivity index (χ1v) is 22.6. The van der Waals surface area contributed by atoms with E-state index >= 15 is 0 Å². The number of fused-ring (bicyclic) bond motifs is 3. The minimum atomic E-state index is -4.64. The van der Waals surface area contributed by atoms with Crippen molar-refractivity contribution in [2.45, 2.75) is 117 Å². The van der Waals surface area contributed by atoms with Crippen molar-refractivity contribution in [1.29, 1.82) is 0 Å². The van der Waals surface area contributed by atoms with Crippen LogP contribution in [0.2, 0.25) is 0 Å². The lowest BCUT2D eigenvalue weighted by molar-refractivity contribution is -0.138. The Kier molecular flexibility index (Phi) is 11.2. The van der Waals surface area contributed by atoms with Gasteiger partial charge in [-0.05, 0) is 157 Å². The molecule has 0 unspecified atom stereocenters. The largest absolute Gasteiger partial charge is 0.416 e. The summed E-state index contributed by atoms with van der Waals surface area (Å²) in [5.74, 6) is 0. The maximum Gasteiger partial charge on any atom is 0.416 e. The van der Waals surface area contributed by atoms with Gasteiger partial charge in [-0.15, -0.1) is 0 Å². The molecular weight excluding hydrogens is 835 g/mol. The summed E-state index contributed by atoms with van der Waals surface area (Å²) in [7, 11) is 0. The summed E-state index contributed by atoms with van der Waals surface area (Å²) < 4.78 is 89.3. The second-order valence-electron chi connectivity index (χ2n) is 22.1. The van der Waals surface area contributed by atoms with Gasteiger partial charge >= 0.3 is 12.4 Å². The standard InChI is InChI=1S/C60H58F6/c1-55(2,3)39-23-19-35(20-24-39)49-45-29-27-41(57(7,8)9)33-47(45)52(38-16-14-18-44(32-38)60(64,65)66)54-50(36-21-25-40(26-22-36)56(4,5)6)46-30-28-42(58(10,11)12)34-48(46)51(53(49)54)37-15-13-17-43(31-37)59(61,62)63/h13-34H,1-12H3. The quantitative estimate of drug-likeness (QED) is 0.122.